The molecule has 3 N–H and O–H groups in total. The van der Waals surface area contributed by atoms with E-state index in [-0.39, 0.29) is 17.2 Å². The summed E-state index contributed by atoms with van der Waals surface area (Å²) in [6, 6.07) is 10.1. The molecule has 1 aromatic carbocycles. The van der Waals surface area contributed by atoms with Gasteiger partial charge in [-0.25, -0.2) is 4.39 Å². The number of H-pyrrole nitrogens is 1. The van der Waals surface area contributed by atoms with E-state index >= 15 is 0 Å². The zero-order valence-corrected chi connectivity index (χ0v) is 16.0. The largest absolute Gasteiger partial charge is 0.330 e. The lowest BCUT2D eigenvalue weighted by Gasteiger charge is -2.15. The summed E-state index contributed by atoms with van der Waals surface area (Å²) in [6.07, 6.45) is 0. The summed E-state index contributed by atoms with van der Waals surface area (Å²) >= 11 is 1.39. The third-order valence-corrected chi connectivity index (χ3v) is 5.99. The molecule has 0 bridgehead atoms. The number of nitrogens with one attached hydrogen (secondary N) is 1. The lowest BCUT2D eigenvalue weighted by atomic mass is 9.93. The van der Waals surface area contributed by atoms with Crippen molar-refractivity contribution in [2.24, 2.45) is 5.73 Å². The first-order valence-electron chi connectivity index (χ1n) is 8.84. The molecular formula is C21H20FN3OS. The molecule has 0 spiro atoms. The van der Waals surface area contributed by atoms with Gasteiger partial charge in [0.25, 0.3) is 5.56 Å². The zero-order valence-electron chi connectivity index (χ0n) is 15.2. The Morgan fingerprint density at radius 1 is 1.26 bits per heavy atom. The Morgan fingerprint density at radius 2 is 2.00 bits per heavy atom. The van der Waals surface area contributed by atoms with Crippen molar-refractivity contribution in [2.45, 2.75) is 26.4 Å². The fourth-order valence-electron chi connectivity index (χ4n) is 3.59. The van der Waals surface area contributed by atoms with E-state index in [2.05, 4.69) is 29.0 Å². The van der Waals surface area contributed by atoms with Crippen molar-refractivity contribution < 1.29 is 4.39 Å². The van der Waals surface area contributed by atoms with E-state index in [1.807, 2.05) is 30.5 Å². The van der Waals surface area contributed by atoms with Crippen LogP contribution >= 0.6 is 11.3 Å². The number of nitrogens with zero attached hydrogens (tertiary/aromatic N) is 1. The molecule has 0 unspecified atom stereocenters. The monoisotopic (exact) mass is 381 g/mol. The first-order valence-corrected chi connectivity index (χ1v) is 9.72. The number of benzene rings is 1. The molecule has 3 aromatic heterocycles. The number of hydrogen-bond acceptors (Lipinski definition) is 4. The summed E-state index contributed by atoms with van der Waals surface area (Å²) in [5.41, 5.74) is 10.1. The van der Waals surface area contributed by atoms with Gasteiger partial charge in [-0.1, -0.05) is 31.2 Å². The number of hydrogen-bond donors (Lipinski definition) is 2. The van der Waals surface area contributed by atoms with Gasteiger partial charge in [0, 0.05) is 22.0 Å². The van der Waals surface area contributed by atoms with Gasteiger partial charge < -0.3 is 10.7 Å². The number of pyridine rings is 2. The van der Waals surface area contributed by atoms with Crippen molar-refractivity contribution in [3.05, 3.63) is 63.0 Å². The average molecular weight is 381 g/mol. The molecule has 4 rings (SSSR count). The second-order valence-corrected chi connectivity index (χ2v) is 7.69. The molecule has 0 aliphatic heterocycles. The van der Waals surface area contributed by atoms with Gasteiger partial charge in [0.05, 0.1) is 11.2 Å². The third-order valence-electron chi connectivity index (χ3n) is 5.08. The van der Waals surface area contributed by atoms with Gasteiger partial charge in [0.15, 0.2) is 0 Å². The number of aryl methyl sites for hydroxylation is 1. The molecule has 0 aliphatic carbocycles. The molecule has 0 radical (unpaired) electrons. The number of aromatic nitrogens is 2. The first-order chi connectivity index (χ1) is 13.0. The van der Waals surface area contributed by atoms with Crippen LogP contribution < -0.4 is 11.3 Å². The van der Waals surface area contributed by atoms with Crippen LogP contribution in [0, 0.1) is 6.92 Å². The first kappa shape index (κ1) is 17.8. The fraction of sp³-hybridized carbons (Fsp3) is 0.238. The molecule has 6 heteroatoms. The van der Waals surface area contributed by atoms with E-state index in [0.717, 1.165) is 27.6 Å². The summed E-state index contributed by atoms with van der Waals surface area (Å²) < 4.78 is 14.3. The molecule has 0 aliphatic rings. The van der Waals surface area contributed by atoms with Gasteiger partial charge in [-0.15, -0.1) is 11.3 Å². The van der Waals surface area contributed by atoms with E-state index in [1.54, 1.807) is 0 Å². The quantitative estimate of drug-likeness (QED) is 0.541. The lowest BCUT2D eigenvalue weighted by Crippen LogP contribution is -2.09. The van der Waals surface area contributed by atoms with Crippen LogP contribution in [-0.2, 0) is 6.67 Å². The number of aromatic amines is 1. The van der Waals surface area contributed by atoms with Gasteiger partial charge in [0.1, 0.15) is 11.4 Å². The van der Waals surface area contributed by atoms with Crippen LogP contribution in [0.15, 0.2) is 40.5 Å². The number of fused-ring (bicyclic) bond motifs is 3. The molecule has 4 aromatic rings. The van der Waals surface area contributed by atoms with E-state index in [4.69, 9.17) is 5.73 Å². The van der Waals surface area contributed by atoms with Crippen molar-refractivity contribution in [1.29, 1.82) is 0 Å². The van der Waals surface area contributed by atoms with E-state index in [9.17, 15) is 9.18 Å². The van der Waals surface area contributed by atoms with E-state index in [1.165, 1.54) is 16.9 Å². The van der Waals surface area contributed by atoms with Crippen molar-refractivity contribution >= 4 is 32.3 Å². The van der Waals surface area contributed by atoms with Crippen molar-refractivity contribution in [3.8, 4) is 11.1 Å². The Kier molecular flexibility index (Phi) is 4.53. The molecule has 4 nitrogen and oxygen atoms in total. The summed E-state index contributed by atoms with van der Waals surface area (Å²) in [6.45, 7) is 3.83. The number of halogens is 1. The Labute approximate surface area is 159 Å². The fourth-order valence-corrected chi connectivity index (χ4v) is 4.38. The second kappa shape index (κ2) is 6.87. The van der Waals surface area contributed by atoms with Gasteiger partial charge in [0.2, 0.25) is 0 Å². The predicted octanol–water partition coefficient (Wildman–Crippen LogP) is 4.64. The summed E-state index contributed by atoms with van der Waals surface area (Å²) in [5.74, 6) is 0.281. The molecule has 27 heavy (non-hydrogen) atoms. The maximum atomic E-state index is 13.6. The molecule has 1 atom stereocenters. The predicted molar refractivity (Wildman–Crippen MR) is 110 cm³/mol. The highest BCUT2D eigenvalue weighted by atomic mass is 32.1. The highest BCUT2D eigenvalue weighted by molar-refractivity contribution is 7.17. The molecule has 3 heterocycles. The minimum atomic E-state index is -0.726. The Hall–Kier alpha value is -2.57. The Morgan fingerprint density at radius 3 is 2.67 bits per heavy atom. The van der Waals surface area contributed by atoms with Crippen LogP contribution in [-0.4, -0.2) is 16.5 Å². The smallest absolute Gasteiger partial charge is 0.266 e. The van der Waals surface area contributed by atoms with Gasteiger partial charge in [-0.2, -0.15) is 0 Å². The van der Waals surface area contributed by atoms with Gasteiger partial charge in [-0.3, -0.25) is 9.78 Å². The van der Waals surface area contributed by atoms with Crippen LogP contribution in [0.4, 0.5) is 4.39 Å². The average Bonchev–Trinajstić information content (AvgIpc) is 3.18. The Balaban J connectivity index is 2.07. The highest BCUT2D eigenvalue weighted by Gasteiger charge is 2.18. The van der Waals surface area contributed by atoms with Crippen LogP contribution in [0.3, 0.4) is 0 Å². The van der Waals surface area contributed by atoms with Crippen LogP contribution in [0.25, 0.3) is 32.1 Å². The van der Waals surface area contributed by atoms with E-state index in [0.29, 0.717) is 16.8 Å². The topological polar surface area (TPSA) is 71.8 Å². The molecule has 0 fully saturated rings. The minimum Gasteiger partial charge on any atom is -0.330 e. The minimum absolute atomic E-state index is 0.203. The van der Waals surface area contributed by atoms with Crippen LogP contribution in [0.5, 0.6) is 0 Å². The standard InChI is InChI=1S/C21H20FN3OS/c1-11(10-23)13-3-5-14(6-4-13)17-12(2)24-16(9-22)19-18(17)15-7-8-27-20(15)21(26)25-19/h3-8,11H,9-10,23H2,1-2H3,(H,25,26)/t11-/m0/s1. The number of rotatable bonds is 4. The number of thiophene rings is 1. The maximum absolute atomic E-state index is 13.6. The lowest BCUT2D eigenvalue weighted by molar-refractivity contribution is 0.478. The van der Waals surface area contributed by atoms with Gasteiger partial charge in [-0.05, 0) is 42.0 Å². The third kappa shape index (κ3) is 2.85. The number of nitrogens with two attached hydrogens (primary N) is 1. The SMILES string of the molecule is Cc1nc(CF)c2[nH]c(=O)c3sccc3c2c1-c1ccc([C@@H](C)CN)cc1. The Bertz CT molecular complexity index is 1190. The van der Waals surface area contributed by atoms with E-state index < -0.39 is 6.67 Å². The normalized spacial score (nSPS) is 12.7. The summed E-state index contributed by atoms with van der Waals surface area (Å²) in [5, 5.41) is 3.58. The number of alkyl halides is 1. The van der Waals surface area contributed by atoms with Crippen molar-refractivity contribution in [3.63, 3.8) is 0 Å². The summed E-state index contributed by atoms with van der Waals surface area (Å²) in [4.78, 5) is 19.7. The summed E-state index contributed by atoms with van der Waals surface area (Å²) in [7, 11) is 0. The van der Waals surface area contributed by atoms with Gasteiger partial charge >= 0.3 is 0 Å². The molecule has 0 saturated heterocycles. The van der Waals surface area contributed by atoms with Crippen molar-refractivity contribution in [2.75, 3.05) is 6.54 Å². The van der Waals surface area contributed by atoms with Crippen LogP contribution in [0.2, 0.25) is 0 Å². The highest BCUT2D eigenvalue weighted by Crippen LogP contribution is 2.37. The molecule has 0 saturated carbocycles. The van der Waals surface area contributed by atoms with Crippen LogP contribution in [0.1, 0.15) is 29.8 Å². The zero-order chi connectivity index (χ0) is 19.1. The molecule has 138 valence electrons. The maximum Gasteiger partial charge on any atom is 0.266 e. The van der Waals surface area contributed by atoms with Crippen molar-refractivity contribution in [1.82, 2.24) is 9.97 Å². The molecular weight excluding hydrogens is 361 g/mol. The molecule has 0 amide bonds. The second-order valence-electron chi connectivity index (χ2n) is 6.78.